The fourth-order valence-corrected chi connectivity index (χ4v) is 4.77. The Balaban J connectivity index is 1.43. The SMILES string of the molecule is COC(=O)c1ccc2c(=O)[nH]c(CN3CCCC(CN4CCC(C)CC4)C3)nc2c1. The Morgan fingerprint density at radius 1 is 1.20 bits per heavy atom. The van der Waals surface area contributed by atoms with E-state index < -0.39 is 5.97 Å². The number of carbonyl (C=O) groups is 1. The minimum Gasteiger partial charge on any atom is -0.465 e. The number of aromatic amines is 1. The zero-order chi connectivity index (χ0) is 21.1. The Morgan fingerprint density at radius 2 is 2.00 bits per heavy atom. The highest BCUT2D eigenvalue weighted by atomic mass is 16.5. The number of hydrogen-bond acceptors (Lipinski definition) is 6. The lowest BCUT2D eigenvalue weighted by Gasteiger charge is -2.37. The van der Waals surface area contributed by atoms with Crippen molar-refractivity contribution in [1.29, 1.82) is 0 Å². The number of aromatic nitrogens is 2. The van der Waals surface area contributed by atoms with Crippen molar-refractivity contribution >= 4 is 16.9 Å². The minimum absolute atomic E-state index is 0.164. The predicted octanol–water partition coefficient (Wildman–Crippen LogP) is 2.65. The van der Waals surface area contributed by atoms with Crippen LogP contribution in [-0.2, 0) is 11.3 Å². The number of hydrogen-bond donors (Lipinski definition) is 1. The van der Waals surface area contributed by atoms with Crippen molar-refractivity contribution in [3.8, 4) is 0 Å². The average molecular weight is 413 g/mol. The molecule has 7 nitrogen and oxygen atoms in total. The van der Waals surface area contributed by atoms with E-state index in [1.165, 1.54) is 52.4 Å². The van der Waals surface area contributed by atoms with Crippen LogP contribution < -0.4 is 5.56 Å². The summed E-state index contributed by atoms with van der Waals surface area (Å²) in [6, 6.07) is 4.87. The Morgan fingerprint density at radius 3 is 2.77 bits per heavy atom. The van der Waals surface area contributed by atoms with Crippen LogP contribution in [0.4, 0.5) is 0 Å². The number of nitrogens with zero attached hydrogens (tertiary/aromatic N) is 3. The van der Waals surface area contributed by atoms with Gasteiger partial charge in [0.15, 0.2) is 0 Å². The van der Waals surface area contributed by atoms with Crippen LogP contribution in [0.25, 0.3) is 10.9 Å². The summed E-state index contributed by atoms with van der Waals surface area (Å²) < 4.78 is 4.78. The van der Waals surface area contributed by atoms with E-state index in [1.54, 1.807) is 18.2 Å². The Labute approximate surface area is 177 Å². The quantitative estimate of drug-likeness (QED) is 0.761. The van der Waals surface area contributed by atoms with Gasteiger partial charge in [0.1, 0.15) is 5.82 Å². The van der Waals surface area contributed by atoms with Crippen molar-refractivity contribution in [2.45, 2.75) is 39.2 Å². The van der Waals surface area contributed by atoms with Gasteiger partial charge in [-0.15, -0.1) is 0 Å². The standard InChI is InChI=1S/C23H32N4O3/c1-16-7-10-26(11-8-16)13-17-4-3-9-27(14-17)15-21-24-20-12-18(23(29)30-2)5-6-19(20)22(28)25-21/h5-6,12,16-17H,3-4,7-11,13-15H2,1-2H3,(H,24,25,28). The first-order valence-electron chi connectivity index (χ1n) is 11.1. The van der Waals surface area contributed by atoms with Gasteiger partial charge in [-0.3, -0.25) is 9.69 Å². The number of fused-ring (bicyclic) bond motifs is 1. The number of H-pyrrole nitrogens is 1. The molecule has 1 aromatic heterocycles. The normalized spacial score (nSPS) is 21.7. The van der Waals surface area contributed by atoms with Gasteiger partial charge in [0.25, 0.3) is 5.56 Å². The Hall–Kier alpha value is -2.25. The molecule has 2 aliphatic rings. The summed E-state index contributed by atoms with van der Waals surface area (Å²) in [5, 5.41) is 0.488. The van der Waals surface area contributed by atoms with Crippen LogP contribution in [0.2, 0.25) is 0 Å². The van der Waals surface area contributed by atoms with Gasteiger partial charge in [0.05, 0.1) is 30.1 Å². The summed E-state index contributed by atoms with van der Waals surface area (Å²) in [6.07, 6.45) is 5.07. The van der Waals surface area contributed by atoms with Crippen LogP contribution in [0.15, 0.2) is 23.0 Å². The Kier molecular flexibility index (Phi) is 6.49. The maximum atomic E-state index is 12.5. The number of rotatable bonds is 5. The fourth-order valence-electron chi connectivity index (χ4n) is 4.77. The first kappa shape index (κ1) is 21.0. The van der Waals surface area contributed by atoms with Crippen molar-refractivity contribution in [3.05, 3.63) is 39.9 Å². The third kappa shape index (κ3) is 4.90. The van der Waals surface area contributed by atoms with Crippen molar-refractivity contribution in [2.75, 3.05) is 39.8 Å². The number of esters is 1. The molecule has 4 rings (SSSR count). The Bertz CT molecular complexity index is 949. The molecule has 2 saturated heterocycles. The van der Waals surface area contributed by atoms with Gasteiger partial charge in [-0.1, -0.05) is 6.92 Å². The van der Waals surface area contributed by atoms with Gasteiger partial charge >= 0.3 is 5.97 Å². The molecule has 0 saturated carbocycles. The van der Waals surface area contributed by atoms with E-state index in [9.17, 15) is 9.59 Å². The molecule has 2 aromatic rings. The fraction of sp³-hybridized carbons (Fsp3) is 0.609. The lowest BCUT2D eigenvalue weighted by Crippen LogP contribution is -2.43. The van der Waals surface area contributed by atoms with Gasteiger partial charge in [-0.05, 0) is 75.4 Å². The number of methoxy groups -OCH3 is 1. The molecule has 2 aliphatic heterocycles. The van der Waals surface area contributed by atoms with Crippen LogP contribution in [-0.4, -0.2) is 65.6 Å². The molecule has 0 aliphatic carbocycles. The molecule has 0 amide bonds. The second-order valence-corrected chi connectivity index (χ2v) is 8.96. The molecular weight excluding hydrogens is 380 g/mol. The van der Waals surface area contributed by atoms with E-state index >= 15 is 0 Å². The summed E-state index contributed by atoms with van der Waals surface area (Å²) in [7, 11) is 1.35. The van der Waals surface area contributed by atoms with Crippen molar-refractivity contribution in [1.82, 2.24) is 19.8 Å². The molecule has 0 radical (unpaired) electrons. The highest BCUT2D eigenvalue weighted by molar-refractivity contribution is 5.93. The van der Waals surface area contributed by atoms with Crippen molar-refractivity contribution in [2.24, 2.45) is 11.8 Å². The maximum absolute atomic E-state index is 12.5. The van der Waals surface area contributed by atoms with Gasteiger partial charge in [-0.2, -0.15) is 0 Å². The van der Waals surface area contributed by atoms with E-state index in [-0.39, 0.29) is 5.56 Å². The third-order valence-corrected chi connectivity index (χ3v) is 6.55. The van der Waals surface area contributed by atoms with Crippen LogP contribution in [0, 0.1) is 11.8 Å². The first-order valence-corrected chi connectivity index (χ1v) is 11.1. The molecule has 0 bridgehead atoms. The van der Waals surface area contributed by atoms with Crippen LogP contribution in [0.5, 0.6) is 0 Å². The highest BCUT2D eigenvalue weighted by Crippen LogP contribution is 2.22. The highest BCUT2D eigenvalue weighted by Gasteiger charge is 2.24. The van der Waals surface area contributed by atoms with Gasteiger partial charge < -0.3 is 14.6 Å². The number of benzene rings is 1. The summed E-state index contributed by atoms with van der Waals surface area (Å²) in [5.41, 5.74) is 0.776. The van der Waals surface area contributed by atoms with E-state index in [0.717, 1.165) is 19.0 Å². The molecule has 1 unspecified atom stereocenters. The third-order valence-electron chi connectivity index (χ3n) is 6.55. The van der Waals surface area contributed by atoms with Crippen molar-refractivity contribution < 1.29 is 9.53 Å². The van der Waals surface area contributed by atoms with Gasteiger partial charge in [0, 0.05) is 13.1 Å². The smallest absolute Gasteiger partial charge is 0.337 e. The first-order chi connectivity index (χ1) is 14.5. The number of nitrogens with one attached hydrogen (secondary N) is 1. The van der Waals surface area contributed by atoms with Crippen LogP contribution in [0.1, 0.15) is 48.8 Å². The second-order valence-electron chi connectivity index (χ2n) is 8.96. The number of likely N-dealkylation sites (tertiary alicyclic amines) is 2. The zero-order valence-electron chi connectivity index (χ0n) is 18.0. The monoisotopic (exact) mass is 412 g/mol. The number of carbonyl (C=O) groups excluding carboxylic acids is 1. The van der Waals surface area contributed by atoms with Crippen LogP contribution in [0.3, 0.4) is 0 Å². The lowest BCUT2D eigenvalue weighted by atomic mass is 9.94. The molecule has 162 valence electrons. The number of ether oxygens (including phenoxy) is 1. The topological polar surface area (TPSA) is 78.5 Å². The molecule has 2 fully saturated rings. The van der Waals surface area contributed by atoms with E-state index in [2.05, 4.69) is 26.7 Å². The zero-order valence-corrected chi connectivity index (χ0v) is 18.0. The summed E-state index contributed by atoms with van der Waals surface area (Å²) in [6.45, 7) is 8.66. The molecule has 3 heterocycles. The van der Waals surface area contributed by atoms with E-state index in [4.69, 9.17) is 4.74 Å². The largest absolute Gasteiger partial charge is 0.465 e. The molecule has 1 N–H and O–H groups in total. The van der Waals surface area contributed by atoms with Crippen molar-refractivity contribution in [3.63, 3.8) is 0 Å². The van der Waals surface area contributed by atoms with Crippen LogP contribution >= 0.6 is 0 Å². The van der Waals surface area contributed by atoms with Gasteiger partial charge in [-0.25, -0.2) is 9.78 Å². The predicted molar refractivity (Wildman–Crippen MR) is 117 cm³/mol. The summed E-state index contributed by atoms with van der Waals surface area (Å²) in [4.78, 5) is 36.9. The van der Waals surface area contributed by atoms with E-state index in [1.807, 2.05) is 0 Å². The summed E-state index contributed by atoms with van der Waals surface area (Å²) >= 11 is 0. The lowest BCUT2D eigenvalue weighted by molar-refractivity contribution is 0.0601. The molecule has 1 atom stereocenters. The molecule has 30 heavy (non-hydrogen) atoms. The average Bonchev–Trinajstić information content (AvgIpc) is 2.74. The summed E-state index contributed by atoms with van der Waals surface area (Å²) in [5.74, 6) is 1.76. The molecular formula is C23H32N4O3. The minimum atomic E-state index is -0.425. The second kappa shape index (κ2) is 9.27. The maximum Gasteiger partial charge on any atom is 0.337 e. The van der Waals surface area contributed by atoms with E-state index in [0.29, 0.717) is 34.8 Å². The van der Waals surface area contributed by atoms with Gasteiger partial charge in [0.2, 0.25) is 0 Å². The molecule has 1 aromatic carbocycles. The molecule has 7 heteroatoms. The number of piperidine rings is 2. The molecule has 0 spiro atoms.